The Kier molecular flexibility index (Phi) is 1.71. The van der Waals surface area contributed by atoms with E-state index in [4.69, 9.17) is 0 Å². The molecule has 0 aromatic rings. The Morgan fingerprint density at radius 1 is 1.18 bits per heavy atom. The van der Waals surface area contributed by atoms with Crippen LogP contribution in [0.1, 0.15) is 39.5 Å². The van der Waals surface area contributed by atoms with E-state index in [1.807, 2.05) is 0 Å². The summed E-state index contributed by atoms with van der Waals surface area (Å²) < 4.78 is 0. The van der Waals surface area contributed by atoms with Gasteiger partial charge in [-0.15, -0.1) is 0 Å². The van der Waals surface area contributed by atoms with E-state index in [0.29, 0.717) is 5.41 Å². The normalized spacial score (nSPS) is 42.0. The molecule has 64 valence electrons. The number of nitrogens with one attached hydrogen (secondary N) is 1. The maximum Gasteiger partial charge on any atom is 0.00723 e. The van der Waals surface area contributed by atoms with Crippen LogP contribution in [-0.2, 0) is 0 Å². The number of hydrogen-bond acceptors (Lipinski definition) is 1. The van der Waals surface area contributed by atoms with Gasteiger partial charge in [-0.1, -0.05) is 13.8 Å². The largest absolute Gasteiger partial charge is 0.314 e. The van der Waals surface area contributed by atoms with Crippen molar-refractivity contribution < 1.29 is 0 Å². The molecule has 1 aliphatic carbocycles. The second-order valence-corrected chi connectivity index (χ2v) is 5.12. The van der Waals surface area contributed by atoms with Crippen LogP contribution in [0.4, 0.5) is 0 Å². The van der Waals surface area contributed by atoms with Crippen molar-refractivity contribution in [1.82, 2.24) is 5.32 Å². The minimum absolute atomic E-state index is 0.606. The van der Waals surface area contributed by atoms with Crippen LogP contribution in [0.5, 0.6) is 0 Å². The molecule has 3 rings (SSSR count). The molecule has 0 aromatic heterocycles. The summed E-state index contributed by atoms with van der Waals surface area (Å²) in [5.74, 6) is 0.976. The molecule has 2 aliphatic heterocycles. The lowest BCUT2D eigenvalue weighted by Gasteiger charge is -2.24. The van der Waals surface area contributed by atoms with Crippen LogP contribution in [-0.4, -0.2) is 12.6 Å². The van der Waals surface area contributed by atoms with Crippen LogP contribution < -0.4 is 5.32 Å². The third kappa shape index (κ3) is 1.58. The third-order valence-electron chi connectivity index (χ3n) is 3.26. The zero-order valence-electron chi connectivity index (χ0n) is 7.69. The molecule has 0 spiro atoms. The van der Waals surface area contributed by atoms with Crippen LogP contribution in [0.15, 0.2) is 0 Å². The average Bonchev–Trinajstić information content (AvgIpc) is 2.12. The zero-order valence-corrected chi connectivity index (χ0v) is 7.69. The van der Waals surface area contributed by atoms with Crippen molar-refractivity contribution in [3.05, 3.63) is 0 Å². The first-order valence-electron chi connectivity index (χ1n) is 4.89. The first kappa shape index (κ1) is 7.60. The van der Waals surface area contributed by atoms with Crippen molar-refractivity contribution in [1.29, 1.82) is 0 Å². The van der Waals surface area contributed by atoms with Crippen LogP contribution in [0, 0.1) is 11.3 Å². The second kappa shape index (κ2) is 2.48. The lowest BCUT2D eigenvalue weighted by molar-refractivity contribution is 0.287. The molecule has 1 heteroatoms. The van der Waals surface area contributed by atoms with Crippen molar-refractivity contribution in [2.24, 2.45) is 11.3 Å². The average molecular weight is 153 g/mol. The van der Waals surface area contributed by atoms with Crippen molar-refractivity contribution in [3.63, 3.8) is 0 Å². The van der Waals surface area contributed by atoms with Gasteiger partial charge in [0.2, 0.25) is 0 Å². The van der Waals surface area contributed by atoms with Crippen LogP contribution in [0.3, 0.4) is 0 Å². The summed E-state index contributed by atoms with van der Waals surface area (Å²) in [6.07, 6.45) is 5.73. The van der Waals surface area contributed by atoms with E-state index in [2.05, 4.69) is 19.2 Å². The van der Waals surface area contributed by atoms with E-state index < -0.39 is 0 Å². The Bertz CT molecular complexity index is 127. The molecule has 0 aromatic carbocycles. The molecule has 2 heterocycles. The number of hydrogen-bond donors (Lipinski definition) is 1. The summed E-state index contributed by atoms with van der Waals surface area (Å²) in [6, 6.07) is 0.837. The monoisotopic (exact) mass is 153 g/mol. The van der Waals surface area contributed by atoms with Gasteiger partial charge in [-0.25, -0.2) is 0 Å². The Hall–Kier alpha value is -0.0400. The Morgan fingerprint density at radius 2 is 2.00 bits per heavy atom. The minimum Gasteiger partial charge on any atom is -0.314 e. The smallest absolute Gasteiger partial charge is 0.00723 e. The lowest BCUT2D eigenvalue weighted by atomic mass is 9.82. The van der Waals surface area contributed by atoms with Gasteiger partial charge in [-0.3, -0.25) is 0 Å². The summed E-state index contributed by atoms with van der Waals surface area (Å²) in [7, 11) is 0. The topological polar surface area (TPSA) is 12.0 Å². The first-order valence-corrected chi connectivity index (χ1v) is 4.89. The summed E-state index contributed by atoms with van der Waals surface area (Å²) in [4.78, 5) is 0. The molecule has 0 amide bonds. The molecule has 0 radical (unpaired) electrons. The second-order valence-electron chi connectivity index (χ2n) is 5.12. The molecule has 3 aliphatic rings. The van der Waals surface area contributed by atoms with Crippen molar-refractivity contribution >= 4 is 0 Å². The molecule has 2 unspecified atom stereocenters. The highest BCUT2D eigenvalue weighted by Crippen LogP contribution is 2.39. The van der Waals surface area contributed by atoms with Crippen molar-refractivity contribution in [2.45, 2.75) is 45.6 Å². The summed E-state index contributed by atoms with van der Waals surface area (Å²) in [6.45, 7) is 6.13. The molecule has 2 bridgehead atoms. The van der Waals surface area contributed by atoms with Gasteiger partial charge >= 0.3 is 0 Å². The standard InChI is InChI=1S/C10H19N/c1-10(2)5-8-3-4-9(6-10)11-7-8/h8-9,11H,3-7H2,1-2H3. The third-order valence-corrected chi connectivity index (χ3v) is 3.26. The predicted octanol–water partition coefficient (Wildman–Crippen LogP) is 2.17. The fraction of sp³-hybridized carbons (Fsp3) is 1.00. The minimum atomic E-state index is 0.606. The maximum atomic E-state index is 3.64. The van der Waals surface area contributed by atoms with Gasteiger partial charge in [-0.05, 0) is 43.6 Å². The summed E-state index contributed by atoms with van der Waals surface area (Å²) in [5.41, 5.74) is 0.606. The Morgan fingerprint density at radius 3 is 2.64 bits per heavy atom. The first-order chi connectivity index (χ1) is 5.16. The van der Waals surface area contributed by atoms with Gasteiger partial charge in [-0.2, -0.15) is 0 Å². The van der Waals surface area contributed by atoms with Crippen LogP contribution in [0.25, 0.3) is 0 Å². The highest BCUT2D eigenvalue weighted by Gasteiger charge is 2.34. The predicted molar refractivity (Wildman–Crippen MR) is 47.5 cm³/mol. The zero-order chi connectivity index (χ0) is 7.90. The SMILES string of the molecule is CC1(C)CC2CCC(C1)NC2. The number of piperidine rings is 1. The number of fused-ring (bicyclic) bond motifs is 4. The van der Waals surface area contributed by atoms with E-state index in [9.17, 15) is 0 Å². The van der Waals surface area contributed by atoms with E-state index in [1.54, 1.807) is 0 Å². The van der Waals surface area contributed by atoms with E-state index >= 15 is 0 Å². The number of rotatable bonds is 0. The highest BCUT2D eigenvalue weighted by molar-refractivity contribution is 4.90. The lowest BCUT2D eigenvalue weighted by Crippen LogP contribution is -2.36. The molecule has 2 saturated heterocycles. The molecule has 1 nitrogen and oxygen atoms in total. The molecular weight excluding hydrogens is 134 g/mol. The molecule has 2 atom stereocenters. The quantitative estimate of drug-likeness (QED) is 0.562. The van der Waals surface area contributed by atoms with Crippen molar-refractivity contribution in [3.8, 4) is 0 Å². The molecule has 1 saturated carbocycles. The molecule has 11 heavy (non-hydrogen) atoms. The van der Waals surface area contributed by atoms with Crippen molar-refractivity contribution in [2.75, 3.05) is 6.54 Å². The van der Waals surface area contributed by atoms with Gasteiger partial charge in [0.05, 0.1) is 0 Å². The summed E-state index contributed by atoms with van der Waals surface area (Å²) >= 11 is 0. The van der Waals surface area contributed by atoms with Gasteiger partial charge < -0.3 is 5.32 Å². The Balaban J connectivity index is 2.12. The fourth-order valence-corrected chi connectivity index (χ4v) is 2.85. The molecule has 1 N–H and O–H groups in total. The van der Waals surface area contributed by atoms with E-state index in [1.165, 1.54) is 32.2 Å². The van der Waals surface area contributed by atoms with E-state index in [-0.39, 0.29) is 0 Å². The van der Waals surface area contributed by atoms with Crippen LogP contribution >= 0.6 is 0 Å². The highest BCUT2D eigenvalue weighted by atomic mass is 14.9. The maximum absolute atomic E-state index is 3.64. The van der Waals surface area contributed by atoms with Crippen LogP contribution in [0.2, 0.25) is 0 Å². The molecule has 3 fully saturated rings. The fourth-order valence-electron chi connectivity index (χ4n) is 2.85. The van der Waals surface area contributed by atoms with Gasteiger partial charge in [0.1, 0.15) is 0 Å². The Labute approximate surface area is 69.6 Å². The van der Waals surface area contributed by atoms with Gasteiger partial charge in [0.25, 0.3) is 0 Å². The summed E-state index contributed by atoms with van der Waals surface area (Å²) in [5, 5.41) is 3.64. The van der Waals surface area contributed by atoms with E-state index in [0.717, 1.165) is 12.0 Å². The molecular formula is C10H19N. The van der Waals surface area contributed by atoms with Gasteiger partial charge in [0, 0.05) is 6.04 Å². The van der Waals surface area contributed by atoms with Gasteiger partial charge in [0.15, 0.2) is 0 Å².